The maximum absolute atomic E-state index is 12.2. The van der Waals surface area contributed by atoms with Crippen LogP contribution in [0, 0.1) is 6.92 Å². The summed E-state index contributed by atoms with van der Waals surface area (Å²) < 4.78 is 24.5. The molecule has 1 N–H and O–H groups in total. The van der Waals surface area contributed by atoms with E-state index in [0.717, 1.165) is 12.3 Å². The van der Waals surface area contributed by atoms with Gasteiger partial charge in [0.1, 0.15) is 0 Å². The maximum atomic E-state index is 12.2. The van der Waals surface area contributed by atoms with E-state index in [4.69, 9.17) is 5.11 Å². The first-order valence-electron chi connectivity index (χ1n) is 3.68. The van der Waals surface area contributed by atoms with Crippen LogP contribution in [0.4, 0.5) is 8.78 Å². The molecule has 0 aliphatic rings. The minimum absolute atomic E-state index is 0.182. The molecule has 0 atom stereocenters. The van der Waals surface area contributed by atoms with Gasteiger partial charge in [-0.15, -0.1) is 0 Å². The SMILES string of the molecule is Cc1c(C(=O)O)ccn(C(F)F)c1=O. The normalized spacial score (nSPS) is 10.6. The molecule has 0 saturated carbocycles. The van der Waals surface area contributed by atoms with Crippen LogP contribution in [-0.4, -0.2) is 15.6 Å². The first kappa shape index (κ1) is 10.4. The summed E-state index contributed by atoms with van der Waals surface area (Å²) in [6, 6.07) is 0.977. The third kappa shape index (κ3) is 1.63. The number of nitrogens with zero attached hydrogens (tertiary/aromatic N) is 1. The van der Waals surface area contributed by atoms with E-state index >= 15 is 0 Å². The Kier molecular flexibility index (Phi) is 2.64. The Bertz CT molecular complexity index is 425. The Morgan fingerprint density at radius 1 is 1.57 bits per heavy atom. The fourth-order valence-corrected chi connectivity index (χ4v) is 1.04. The van der Waals surface area contributed by atoms with Crippen molar-refractivity contribution < 1.29 is 18.7 Å². The van der Waals surface area contributed by atoms with Crippen LogP contribution in [0.1, 0.15) is 22.5 Å². The van der Waals surface area contributed by atoms with Gasteiger partial charge in [-0.1, -0.05) is 0 Å². The third-order valence-corrected chi connectivity index (χ3v) is 1.80. The lowest BCUT2D eigenvalue weighted by Crippen LogP contribution is -2.24. The standard InChI is InChI=1S/C8H7F2NO3/c1-4-5(7(13)14)2-3-11(6(4)12)8(9)10/h2-3,8H,1H3,(H,13,14). The Balaban J connectivity index is 3.42. The van der Waals surface area contributed by atoms with Gasteiger partial charge in [-0.05, 0) is 13.0 Å². The molecule has 0 radical (unpaired) electrons. The highest BCUT2D eigenvalue weighted by Crippen LogP contribution is 2.09. The molecule has 14 heavy (non-hydrogen) atoms. The van der Waals surface area contributed by atoms with E-state index in [0.29, 0.717) is 0 Å². The highest BCUT2D eigenvalue weighted by molar-refractivity contribution is 5.88. The lowest BCUT2D eigenvalue weighted by atomic mass is 10.1. The van der Waals surface area contributed by atoms with Gasteiger partial charge in [-0.3, -0.25) is 9.36 Å². The van der Waals surface area contributed by atoms with Gasteiger partial charge < -0.3 is 5.11 Å². The van der Waals surface area contributed by atoms with Crippen molar-refractivity contribution in [2.75, 3.05) is 0 Å². The van der Waals surface area contributed by atoms with Crippen LogP contribution in [-0.2, 0) is 0 Å². The van der Waals surface area contributed by atoms with Crippen molar-refractivity contribution in [1.82, 2.24) is 4.57 Å². The molecule has 0 unspecified atom stereocenters. The first-order valence-corrected chi connectivity index (χ1v) is 3.68. The number of hydrogen-bond acceptors (Lipinski definition) is 2. The molecule has 1 heterocycles. The number of pyridine rings is 1. The zero-order valence-corrected chi connectivity index (χ0v) is 7.20. The fourth-order valence-electron chi connectivity index (χ4n) is 1.04. The molecule has 6 heteroatoms. The number of aromatic nitrogens is 1. The van der Waals surface area contributed by atoms with Crippen LogP contribution in [0.2, 0.25) is 0 Å². The van der Waals surface area contributed by atoms with Gasteiger partial charge >= 0.3 is 12.5 Å². The molecule has 76 valence electrons. The second kappa shape index (κ2) is 3.57. The summed E-state index contributed by atoms with van der Waals surface area (Å²) in [5.41, 5.74) is -1.44. The molecule has 4 nitrogen and oxygen atoms in total. The number of alkyl halides is 2. The summed E-state index contributed by atoms with van der Waals surface area (Å²) in [4.78, 5) is 21.7. The van der Waals surface area contributed by atoms with Crippen LogP contribution in [0.5, 0.6) is 0 Å². The second-order valence-electron chi connectivity index (χ2n) is 2.65. The Morgan fingerprint density at radius 3 is 2.57 bits per heavy atom. The van der Waals surface area contributed by atoms with Crippen molar-refractivity contribution in [1.29, 1.82) is 0 Å². The highest BCUT2D eigenvalue weighted by atomic mass is 19.3. The third-order valence-electron chi connectivity index (χ3n) is 1.80. The molecular formula is C8H7F2NO3. The summed E-state index contributed by atoms with van der Waals surface area (Å²) in [5.74, 6) is -1.30. The van der Waals surface area contributed by atoms with Crippen molar-refractivity contribution in [3.05, 3.63) is 33.7 Å². The van der Waals surface area contributed by atoms with Crippen LogP contribution in [0.15, 0.2) is 17.1 Å². The number of carbonyl (C=O) groups is 1. The van der Waals surface area contributed by atoms with E-state index in [1.807, 2.05) is 0 Å². The lowest BCUT2D eigenvalue weighted by Gasteiger charge is -2.06. The molecule has 0 amide bonds. The molecule has 0 aliphatic heterocycles. The van der Waals surface area contributed by atoms with Gasteiger partial charge in [0.05, 0.1) is 5.56 Å². The average Bonchev–Trinajstić information content (AvgIpc) is 2.08. The van der Waals surface area contributed by atoms with Gasteiger partial charge in [-0.2, -0.15) is 8.78 Å². The Morgan fingerprint density at radius 2 is 2.14 bits per heavy atom. The minimum atomic E-state index is -2.95. The van der Waals surface area contributed by atoms with Crippen LogP contribution >= 0.6 is 0 Å². The number of halogens is 2. The van der Waals surface area contributed by atoms with E-state index < -0.39 is 18.1 Å². The molecule has 0 saturated heterocycles. The number of aromatic carboxylic acids is 1. The van der Waals surface area contributed by atoms with Crippen LogP contribution in [0.3, 0.4) is 0 Å². The van der Waals surface area contributed by atoms with E-state index in [-0.39, 0.29) is 15.7 Å². The van der Waals surface area contributed by atoms with Gasteiger partial charge in [-0.25, -0.2) is 4.79 Å². The smallest absolute Gasteiger partial charge is 0.336 e. The summed E-state index contributed by atoms with van der Waals surface area (Å²) in [6.07, 6.45) is 0.767. The predicted molar refractivity (Wildman–Crippen MR) is 43.7 cm³/mol. The van der Waals surface area contributed by atoms with E-state index in [2.05, 4.69) is 0 Å². The van der Waals surface area contributed by atoms with Crippen molar-refractivity contribution in [3.8, 4) is 0 Å². The molecule has 0 spiro atoms. The lowest BCUT2D eigenvalue weighted by molar-refractivity contribution is 0.0640. The van der Waals surface area contributed by atoms with Gasteiger partial charge in [0.2, 0.25) is 0 Å². The van der Waals surface area contributed by atoms with Gasteiger partial charge in [0.15, 0.2) is 0 Å². The van der Waals surface area contributed by atoms with Gasteiger partial charge in [0.25, 0.3) is 5.56 Å². The minimum Gasteiger partial charge on any atom is -0.478 e. The molecule has 0 aliphatic carbocycles. The fraction of sp³-hybridized carbons (Fsp3) is 0.250. The number of carboxylic acids is 1. The zero-order valence-electron chi connectivity index (χ0n) is 7.20. The largest absolute Gasteiger partial charge is 0.478 e. The second-order valence-corrected chi connectivity index (χ2v) is 2.65. The van der Waals surface area contributed by atoms with Crippen molar-refractivity contribution >= 4 is 5.97 Å². The topological polar surface area (TPSA) is 59.3 Å². The molecular weight excluding hydrogens is 196 g/mol. The first-order chi connectivity index (χ1) is 6.45. The Hall–Kier alpha value is -1.72. The summed E-state index contributed by atoms with van der Waals surface area (Å²) in [7, 11) is 0. The summed E-state index contributed by atoms with van der Waals surface area (Å²) in [6.45, 7) is -1.76. The number of rotatable bonds is 2. The Labute approximate surface area is 77.4 Å². The number of carboxylic acid groups (broad SMARTS) is 1. The summed E-state index contributed by atoms with van der Waals surface area (Å²) >= 11 is 0. The summed E-state index contributed by atoms with van der Waals surface area (Å²) in [5, 5.41) is 8.58. The molecule has 0 bridgehead atoms. The average molecular weight is 203 g/mol. The highest BCUT2D eigenvalue weighted by Gasteiger charge is 2.15. The molecule has 1 aromatic heterocycles. The van der Waals surface area contributed by atoms with Crippen LogP contribution in [0.25, 0.3) is 0 Å². The number of hydrogen-bond donors (Lipinski definition) is 1. The quantitative estimate of drug-likeness (QED) is 0.786. The van der Waals surface area contributed by atoms with Crippen LogP contribution < -0.4 is 5.56 Å². The van der Waals surface area contributed by atoms with Crippen molar-refractivity contribution in [2.24, 2.45) is 0 Å². The molecule has 1 rings (SSSR count). The van der Waals surface area contributed by atoms with E-state index in [1.54, 1.807) is 0 Å². The zero-order chi connectivity index (χ0) is 10.9. The maximum Gasteiger partial charge on any atom is 0.336 e. The molecule has 0 fully saturated rings. The predicted octanol–water partition coefficient (Wildman–Crippen LogP) is 1.25. The van der Waals surface area contributed by atoms with Crippen molar-refractivity contribution in [2.45, 2.75) is 13.5 Å². The van der Waals surface area contributed by atoms with Gasteiger partial charge in [0, 0.05) is 11.8 Å². The van der Waals surface area contributed by atoms with Crippen molar-refractivity contribution in [3.63, 3.8) is 0 Å². The van der Waals surface area contributed by atoms with E-state index in [9.17, 15) is 18.4 Å². The molecule has 1 aromatic rings. The monoisotopic (exact) mass is 203 g/mol. The van der Waals surface area contributed by atoms with E-state index in [1.165, 1.54) is 6.92 Å². The molecule has 0 aromatic carbocycles.